The summed E-state index contributed by atoms with van der Waals surface area (Å²) in [5, 5.41) is 2.91. The molecule has 0 aliphatic heterocycles. The number of hydrogen-bond acceptors (Lipinski definition) is 4. The minimum Gasteiger partial charge on any atom is -0.497 e. The van der Waals surface area contributed by atoms with E-state index in [2.05, 4.69) is 10.3 Å². The van der Waals surface area contributed by atoms with Gasteiger partial charge in [0.1, 0.15) is 11.5 Å². The van der Waals surface area contributed by atoms with Gasteiger partial charge in [-0.15, -0.1) is 0 Å². The van der Waals surface area contributed by atoms with Crippen molar-refractivity contribution in [3.63, 3.8) is 0 Å². The van der Waals surface area contributed by atoms with Crippen molar-refractivity contribution in [1.82, 2.24) is 10.3 Å². The Morgan fingerprint density at radius 1 is 1.17 bits per heavy atom. The third-order valence-electron chi connectivity index (χ3n) is 3.61. The molecule has 0 aliphatic carbocycles. The number of hydrogen-bond donors (Lipinski definition) is 1. The number of furan rings is 1. The summed E-state index contributed by atoms with van der Waals surface area (Å²) in [6.45, 7) is 0.427. The predicted molar refractivity (Wildman–Crippen MR) is 90.5 cm³/mol. The van der Waals surface area contributed by atoms with Crippen LogP contribution in [0.2, 0.25) is 0 Å². The molecule has 5 nitrogen and oxygen atoms in total. The first kappa shape index (κ1) is 15.8. The number of nitrogens with one attached hydrogen (secondary N) is 1. The van der Waals surface area contributed by atoms with Crippen LogP contribution >= 0.6 is 0 Å². The Morgan fingerprint density at radius 3 is 2.71 bits per heavy atom. The van der Waals surface area contributed by atoms with E-state index in [-0.39, 0.29) is 5.91 Å². The average Bonchev–Trinajstić information content (AvgIpc) is 3.16. The molecule has 0 saturated carbocycles. The van der Waals surface area contributed by atoms with Crippen molar-refractivity contribution in [2.45, 2.75) is 13.0 Å². The number of ether oxygens (including phenoxy) is 1. The highest BCUT2D eigenvalue weighted by Crippen LogP contribution is 2.19. The Balaban J connectivity index is 1.57. The number of amides is 1. The van der Waals surface area contributed by atoms with Crippen molar-refractivity contribution >= 4 is 5.91 Å². The van der Waals surface area contributed by atoms with E-state index in [1.165, 1.54) is 0 Å². The van der Waals surface area contributed by atoms with Gasteiger partial charge in [-0.2, -0.15) is 0 Å². The van der Waals surface area contributed by atoms with E-state index in [1.807, 2.05) is 42.5 Å². The molecule has 0 saturated heterocycles. The van der Waals surface area contributed by atoms with E-state index in [4.69, 9.17) is 9.15 Å². The second kappa shape index (κ2) is 7.46. The van der Waals surface area contributed by atoms with Crippen molar-refractivity contribution in [2.75, 3.05) is 7.11 Å². The minimum atomic E-state index is -0.0384. The summed E-state index contributed by atoms with van der Waals surface area (Å²) in [6, 6.07) is 13.1. The van der Waals surface area contributed by atoms with Crippen LogP contribution in [0.1, 0.15) is 11.1 Å². The van der Waals surface area contributed by atoms with Crippen LogP contribution in [0, 0.1) is 0 Å². The fourth-order valence-corrected chi connectivity index (χ4v) is 2.35. The Kier molecular flexibility index (Phi) is 4.91. The van der Waals surface area contributed by atoms with Crippen molar-refractivity contribution < 1.29 is 13.9 Å². The Bertz CT molecular complexity index is 796. The van der Waals surface area contributed by atoms with Crippen molar-refractivity contribution in [2.24, 2.45) is 0 Å². The van der Waals surface area contributed by atoms with Crippen molar-refractivity contribution in [3.8, 4) is 17.1 Å². The lowest BCUT2D eigenvalue weighted by molar-refractivity contribution is -0.120. The molecule has 1 N–H and O–H groups in total. The highest BCUT2D eigenvalue weighted by Gasteiger charge is 2.06. The summed E-state index contributed by atoms with van der Waals surface area (Å²) < 4.78 is 10.5. The predicted octanol–water partition coefficient (Wildman–Crippen LogP) is 3.21. The number of nitrogens with zero attached hydrogens (tertiary/aromatic N) is 1. The van der Waals surface area contributed by atoms with Gasteiger partial charge in [0, 0.05) is 24.5 Å². The number of pyridine rings is 1. The molecule has 0 aliphatic rings. The zero-order chi connectivity index (χ0) is 16.8. The van der Waals surface area contributed by atoms with Gasteiger partial charge in [0.2, 0.25) is 5.91 Å². The number of benzene rings is 1. The number of aromatic nitrogens is 1. The van der Waals surface area contributed by atoms with Crippen LogP contribution in [0.3, 0.4) is 0 Å². The van der Waals surface area contributed by atoms with Gasteiger partial charge in [-0.1, -0.05) is 12.1 Å². The molecule has 2 aromatic heterocycles. The van der Waals surface area contributed by atoms with Crippen LogP contribution in [0.25, 0.3) is 11.3 Å². The monoisotopic (exact) mass is 322 g/mol. The zero-order valence-electron chi connectivity index (χ0n) is 13.4. The van der Waals surface area contributed by atoms with E-state index in [9.17, 15) is 4.79 Å². The topological polar surface area (TPSA) is 64.4 Å². The lowest BCUT2D eigenvalue weighted by atomic mass is 10.1. The Morgan fingerprint density at radius 2 is 2.00 bits per heavy atom. The first-order valence-electron chi connectivity index (χ1n) is 7.62. The molecule has 1 amide bonds. The van der Waals surface area contributed by atoms with Gasteiger partial charge in [0.15, 0.2) is 0 Å². The fraction of sp³-hybridized carbons (Fsp3) is 0.158. The van der Waals surface area contributed by atoms with Crippen molar-refractivity contribution in [1.29, 1.82) is 0 Å². The maximum atomic E-state index is 12.1. The zero-order valence-corrected chi connectivity index (χ0v) is 13.4. The molecular formula is C19H18N2O3. The summed E-state index contributed by atoms with van der Waals surface area (Å²) >= 11 is 0. The van der Waals surface area contributed by atoms with Gasteiger partial charge in [-0.3, -0.25) is 9.78 Å². The molecule has 0 bridgehead atoms. The second-order valence-electron chi connectivity index (χ2n) is 5.36. The minimum absolute atomic E-state index is 0.0384. The SMILES string of the molecule is COc1ccc(CC(=O)NCc2cncc(-c3ccco3)c2)cc1. The third kappa shape index (κ3) is 4.01. The lowest BCUT2D eigenvalue weighted by Gasteiger charge is -2.07. The molecule has 0 radical (unpaired) electrons. The van der Waals surface area contributed by atoms with E-state index in [0.29, 0.717) is 13.0 Å². The van der Waals surface area contributed by atoms with Crippen molar-refractivity contribution in [3.05, 3.63) is 72.2 Å². The number of rotatable bonds is 6. The number of carbonyl (C=O) groups excluding carboxylic acids is 1. The van der Waals surface area contributed by atoms with Gasteiger partial charge in [-0.25, -0.2) is 0 Å². The van der Waals surface area contributed by atoms with Crippen LogP contribution in [0.15, 0.2) is 65.5 Å². The maximum absolute atomic E-state index is 12.1. The molecule has 3 aromatic rings. The standard InChI is InChI=1S/C19H18N2O3/c1-23-17-6-4-14(5-7-17)10-19(22)21-12-15-9-16(13-20-11-15)18-3-2-8-24-18/h2-9,11,13H,10,12H2,1H3,(H,21,22). The quantitative estimate of drug-likeness (QED) is 0.757. The molecule has 3 rings (SSSR count). The molecule has 0 fully saturated rings. The molecule has 2 heterocycles. The van der Waals surface area contributed by atoms with Crippen LogP contribution in [0.5, 0.6) is 5.75 Å². The average molecular weight is 322 g/mol. The Labute approximate surface area is 140 Å². The van der Waals surface area contributed by atoms with Gasteiger partial charge in [0.25, 0.3) is 0 Å². The number of methoxy groups -OCH3 is 1. The van der Waals surface area contributed by atoms with E-state index in [1.54, 1.807) is 25.8 Å². The van der Waals surface area contributed by atoms with E-state index < -0.39 is 0 Å². The molecule has 0 spiro atoms. The highest BCUT2D eigenvalue weighted by atomic mass is 16.5. The molecule has 0 unspecified atom stereocenters. The lowest BCUT2D eigenvalue weighted by Crippen LogP contribution is -2.24. The summed E-state index contributed by atoms with van der Waals surface area (Å²) in [4.78, 5) is 16.3. The molecule has 24 heavy (non-hydrogen) atoms. The van der Waals surface area contributed by atoms with Gasteiger partial charge >= 0.3 is 0 Å². The summed E-state index contributed by atoms with van der Waals surface area (Å²) in [7, 11) is 1.62. The molecule has 1 aromatic carbocycles. The Hall–Kier alpha value is -3.08. The van der Waals surface area contributed by atoms with Crippen LogP contribution < -0.4 is 10.1 Å². The summed E-state index contributed by atoms with van der Waals surface area (Å²) in [5.41, 5.74) is 2.75. The molecule has 5 heteroatoms. The van der Waals surface area contributed by atoms with E-state index >= 15 is 0 Å². The second-order valence-corrected chi connectivity index (χ2v) is 5.36. The molecular weight excluding hydrogens is 304 g/mol. The largest absolute Gasteiger partial charge is 0.497 e. The summed E-state index contributed by atoms with van der Waals surface area (Å²) in [6.07, 6.45) is 5.43. The normalized spacial score (nSPS) is 10.4. The van der Waals surface area contributed by atoms with Gasteiger partial charge in [-0.05, 0) is 41.5 Å². The van der Waals surface area contributed by atoms with Crippen LogP contribution in [0.4, 0.5) is 0 Å². The summed E-state index contributed by atoms with van der Waals surface area (Å²) in [5.74, 6) is 1.50. The highest BCUT2D eigenvalue weighted by molar-refractivity contribution is 5.78. The van der Waals surface area contributed by atoms with Gasteiger partial charge in [0.05, 0.1) is 19.8 Å². The third-order valence-corrected chi connectivity index (χ3v) is 3.61. The van der Waals surface area contributed by atoms with Gasteiger partial charge < -0.3 is 14.5 Å². The molecule has 0 atom stereocenters. The first-order chi connectivity index (χ1) is 11.7. The fourth-order valence-electron chi connectivity index (χ4n) is 2.35. The smallest absolute Gasteiger partial charge is 0.224 e. The van der Waals surface area contributed by atoms with Crippen LogP contribution in [-0.2, 0) is 17.8 Å². The van der Waals surface area contributed by atoms with Crippen LogP contribution in [-0.4, -0.2) is 18.0 Å². The molecule has 122 valence electrons. The maximum Gasteiger partial charge on any atom is 0.224 e. The first-order valence-corrected chi connectivity index (χ1v) is 7.62. The van der Waals surface area contributed by atoms with E-state index in [0.717, 1.165) is 28.2 Å². The number of carbonyl (C=O) groups is 1.